The summed E-state index contributed by atoms with van der Waals surface area (Å²) in [5.41, 5.74) is 0.494. The first kappa shape index (κ1) is 11.5. The highest BCUT2D eigenvalue weighted by molar-refractivity contribution is 5.00. The second-order valence-electron chi connectivity index (χ2n) is 3.81. The van der Waals surface area contributed by atoms with Gasteiger partial charge in [-0.15, -0.1) is 0 Å². The topological polar surface area (TPSA) is 39.1 Å². The molecule has 1 aromatic heterocycles. The Kier molecular flexibility index (Phi) is 3.84. The Hall–Kier alpha value is -1.01. The van der Waals surface area contributed by atoms with Gasteiger partial charge in [0.25, 0.3) is 0 Å². The van der Waals surface area contributed by atoms with E-state index in [1.54, 1.807) is 6.07 Å². The Balaban J connectivity index is 1.78. The minimum absolute atomic E-state index is 0.225. The molecule has 0 radical (unpaired) electrons. The summed E-state index contributed by atoms with van der Waals surface area (Å²) < 4.78 is 31.0. The number of aromatic nitrogens is 2. The molecular weight excluding hydrogens is 216 g/mol. The van der Waals surface area contributed by atoms with E-state index in [-0.39, 0.29) is 6.10 Å². The van der Waals surface area contributed by atoms with E-state index < -0.39 is 6.55 Å². The molecule has 1 aliphatic heterocycles. The first-order valence-electron chi connectivity index (χ1n) is 5.40. The van der Waals surface area contributed by atoms with Crippen LogP contribution in [0.2, 0.25) is 0 Å². The predicted octanol–water partition coefficient (Wildman–Crippen LogP) is 1.55. The number of nitrogens with one attached hydrogen (secondary N) is 1. The molecule has 0 amide bonds. The van der Waals surface area contributed by atoms with Crippen molar-refractivity contribution in [3.05, 3.63) is 18.0 Å². The van der Waals surface area contributed by atoms with E-state index in [1.807, 2.05) is 0 Å². The van der Waals surface area contributed by atoms with Gasteiger partial charge in [-0.25, -0.2) is 4.68 Å². The van der Waals surface area contributed by atoms with Gasteiger partial charge in [-0.2, -0.15) is 13.9 Å². The Bertz CT molecular complexity index is 324. The average Bonchev–Trinajstić information content (AvgIpc) is 2.87. The number of hydrogen-bond donors (Lipinski definition) is 1. The highest BCUT2D eigenvalue weighted by Gasteiger charge is 2.15. The molecule has 0 aromatic carbocycles. The molecule has 1 aromatic rings. The van der Waals surface area contributed by atoms with E-state index in [0.717, 1.165) is 24.1 Å². The molecule has 1 N–H and O–H groups in total. The van der Waals surface area contributed by atoms with Gasteiger partial charge >= 0.3 is 6.55 Å². The summed E-state index contributed by atoms with van der Waals surface area (Å²) in [5, 5.41) is 6.67. The molecule has 90 valence electrons. The SMILES string of the molecule is FC(F)n1nccc1CNCC1CCCO1. The molecule has 1 aliphatic rings. The maximum Gasteiger partial charge on any atom is 0.333 e. The van der Waals surface area contributed by atoms with Crippen molar-refractivity contribution in [3.63, 3.8) is 0 Å². The van der Waals surface area contributed by atoms with E-state index in [0.29, 0.717) is 18.8 Å². The number of ether oxygens (including phenoxy) is 1. The lowest BCUT2D eigenvalue weighted by molar-refractivity contribution is 0.0527. The fraction of sp³-hybridized carbons (Fsp3) is 0.700. The van der Waals surface area contributed by atoms with Gasteiger partial charge < -0.3 is 10.1 Å². The van der Waals surface area contributed by atoms with Gasteiger partial charge in [-0.05, 0) is 18.9 Å². The van der Waals surface area contributed by atoms with Gasteiger partial charge in [0.2, 0.25) is 0 Å². The Labute approximate surface area is 92.6 Å². The fourth-order valence-electron chi connectivity index (χ4n) is 1.82. The van der Waals surface area contributed by atoms with Gasteiger partial charge in [0, 0.05) is 25.9 Å². The molecule has 0 spiro atoms. The average molecular weight is 231 g/mol. The van der Waals surface area contributed by atoms with Gasteiger partial charge in [0.05, 0.1) is 11.8 Å². The highest BCUT2D eigenvalue weighted by atomic mass is 19.3. The van der Waals surface area contributed by atoms with E-state index >= 15 is 0 Å². The van der Waals surface area contributed by atoms with Crippen molar-refractivity contribution in [1.29, 1.82) is 0 Å². The molecule has 1 unspecified atom stereocenters. The molecule has 16 heavy (non-hydrogen) atoms. The molecular formula is C10H15F2N3O. The van der Waals surface area contributed by atoms with Crippen molar-refractivity contribution < 1.29 is 13.5 Å². The van der Waals surface area contributed by atoms with Crippen LogP contribution < -0.4 is 5.32 Å². The maximum atomic E-state index is 12.4. The van der Waals surface area contributed by atoms with E-state index in [1.165, 1.54) is 6.20 Å². The second-order valence-corrected chi connectivity index (χ2v) is 3.81. The summed E-state index contributed by atoms with van der Waals surface area (Å²) in [6.45, 7) is -0.672. The van der Waals surface area contributed by atoms with Crippen molar-refractivity contribution in [2.24, 2.45) is 0 Å². The number of nitrogens with zero attached hydrogens (tertiary/aromatic N) is 2. The summed E-state index contributed by atoms with van der Waals surface area (Å²) >= 11 is 0. The van der Waals surface area contributed by atoms with Crippen molar-refractivity contribution in [2.75, 3.05) is 13.2 Å². The molecule has 1 atom stereocenters. The van der Waals surface area contributed by atoms with Gasteiger partial charge in [-0.1, -0.05) is 0 Å². The smallest absolute Gasteiger partial charge is 0.333 e. The summed E-state index contributed by atoms with van der Waals surface area (Å²) in [6, 6.07) is 1.59. The largest absolute Gasteiger partial charge is 0.377 e. The van der Waals surface area contributed by atoms with Gasteiger partial charge in [0.1, 0.15) is 0 Å². The molecule has 6 heteroatoms. The lowest BCUT2D eigenvalue weighted by atomic mass is 10.2. The molecule has 0 saturated carbocycles. The summed E-state index contributed by atoms with van der Waals surface area (Å²) in [7, 11) is 0. The normalized spacial score (nSPS) is 20.8. The van der Waals surface area contributed by atoms with Crippen molar-refractivity contribution in [3.8, 4) is 0 Å². The Morgan fingerprint density at radius 1 is 1.62 bits per heavy atom. The number of hydrogen-bond acceptors (Lipinski definition) is 3. The summed E-state index contributed by atoms with van der Waals surface area (Å²) in [6.07, 6.45) is 3.74. The minimum Gasteiger partial charge on any atom is -0.377 e. The number of rotatable bonds is 5. The van der Waals surface area contributed by atoms with Crippen molar-refractivity contribution >= 4 is 0 Å². The van der Waals surface area contributed by atoms with Gasteiger partial charge in [0.15, 0.2) is 0 Å². The van der Waals surface area contributed by atoms with Crippen LogP contribution in [-0.2, 0) is 11.3 Å². The molecule has 0 bridgehead atoms. The molecule has 1 fully saturated rings. The first-order chi connectivity index (χ1) is 7.77. The van der Waals surface area contributed by atoms with Crippen LogP contribution in [0, 0.1) is 0 Å². The second kappa shape index (κ2) is 5.36. The first-order valence-corrected chi connectivity index (χ1v) is 5.40. The molecule has 2 rings (SSSR count). The van der Waals surface area contributed by atoms with E-state index in [2.05, 4.69) is 10.4 Å². The fourth-order valence-corrected chi connectivity index (χ4v) is 1.82. The minimum atomic E-state index is -2.57. The lowest BCUT2D eigenvalue weighted by Gasteiger charge is -2.11. The van der Waals surface area contributed by atoms with Crippen LogP contribution in [0.4, 0.5) is 8.78 Å². The van der Waals surface area contributed by atoms with Crippen LogP contribution >= 0.6 is 0 Å². The quantitative estimate of drug-likeness (QED) is 0.835. The molecule has 1 saturated heterocycles. The maximum absolute atomic E-state index is 12.4. The van der Waals surface area contributed by atoms with Crippen LogP contribution in [0.5, 0.6) is 0 Å². The zero-order valence-electron chi connectivity index (χ0n) is 8.90. The van der Waals surface area contributed by atoms with Crippen molar-refractivity contribution in [2.45, 2.75) is 32.0 Å². The van der Waals surface area contributed by atoms with Crippen LogP contribution in [0.25, 0.3) is 0 Å². The third-order valence-electron chi connectivity index (χ3n) is 2.64. The monoisotopic (exact) mass is 231 g/mol. The van der Waals surface area contributed by atoms with Crippen molar-refractivity contribution in [1.82, 2.24) is 15.1 Å². The van der Waals surface area contributed by atoms with Crippen LogP contribution in [0.1, 0.15) is 25.1 Å². The number of halogens is 2. The Morgan fingerprint density at radius 2 is 2.50 bits per heavy atom. The molecule has 2 heterocycles. The molecule has 4 nitrogen and oxygen atoms in total. The molecule has 0 aliphatic carbocycles. The van der Waals surface area contributed by atoms with E-state index in [9.17, 15) is 8.78 Å². The standard InChI is InChI=1S/C10H15F2N3O/c11-10(12)15-8(3-4-14-15)6-13-7-9-2-1-5-16-9/h3-4,9-10,13H,1-2,5-7H2. The Morgan fingerprint density at radius 3 is 3.19 bits per heavy atom. The lowest BCUT2D eigenvalue weighted by Crippen LogP contribution is -2.26. The highest BCUT2D eigenvalue weighted by Crippen LogP contribution is 2.13. The van der Waals surface area contributed by atoms with E-state index in [4.69, 9.17) is 4.74 Å². The van der Waals surface area contributed by atoms with Crippen LogP contribution in [0.15, 0.2) is 12.3 Å². The van der Waals surface area contributed by atoms with Crippen LogP contribution in [0.3, 0.4) is 0 Å². The zero-order valence-corrected chi connectivity index (χ0v) is 8.90. The van der Waals surface area contributed by atoms with Gasteiger partial charge in [-0.3, -0.25) is 0 Å². The summed E-state index contributed by atoms with van der Waals surface area (Å²) in [4.78, 5) is 0. The third-order valence-corrected chi connectivity index (χ3v) is 2.64. The van der Waals surface area contributed by atoms with Crippen LogP contribution in [-0.4, -0.2) is 29.0 Å². The third kappa shape index (κ3) is 2.76. The zero-order chi connectivity index (χ0) is 11.4. The predicted molar refractivity (Wildman–Crippen MR) is 54.2 cm³/mol. The number of alkyl halides is 2. The summed E-state index contributed by atoms with van der Waals surface area (Å²) in [5.74, 6) is 0.